The van der Waals surface area contributed by atoms with Gasteiger partial charge in [-0.05, 0) is 18.4 Å². The van der Waals surface area contributed by atoms with Gasteiger partial charge in [0, 0.05) is 17.6 Å². The molecule has 0 saturated carbocycles. The largest absolute Gasteiger partial charge is 0.298 e. The highest BCUT2D eigenvalue weighted by molar-refractivity contribution is 6.25. The predicted molar refractivity (Wildman–Crippen MR) is 69.6 cm³/mol. The smallest absolute Gasteiger partial charge is 0.163 e. The Kier molecular flexibility index (Phi) is 5.34. The molecule has 0 unspecified atom stereocenters. The fourth-order valence-corrected chi connectivity index (χ4v) is 1.94. The Morgan fingerprint density at radius 2 is 1.71 bits per heavy atom. The summed E-state index contributed by atoms with van der Waals surface area (Å²) in [4.78, 5) is 22.6. The number of carbonyl (C=O) groups is 2. The summed E-state index contributed by atoms with van der Waals surface area (Å²) in [5, 5.41) is 0. The molecule has 2 nitrogen and oxygen atoms in total. The second-order valence-corrected chi connectivity index (χ2v) is 3.66. The highest BCUT2D eigenvalue weighted by Crippen LogP contribution is 2.28. The molecule has 0 saturated heterocycles. The minimum absolute atomic E-state index is 0.0922. The molecule has 2 heteroatoms. The van der Waals surface area contributed by atoms with Crippen LogP contribution in [0.4, 0.5) is 0 Å². The minimum Gasteiger partial charge on any atom is -0.298 e. The van der Waals surface area contributed by atoms with Gasteiger partial charge in [-0.1, -0.05) is 44.2 Å². The summed E-state index contributed by atoms with van der Waals surface area (Å²) < 4.78 is 0. The van der Waals surface area contributed by atoms with Crippen molar-refractivity contribution in [2.45, 2.75) is 33.1 Å². The number of benzene rings is 1. The molecule has 0 fully saturated rings. The van der Waals surface area contributed by atoms with E-state index < -0.39 is 0 Å². The van der Waals surface area contributed by atoms with Gasteiger partial charge in [-0.2, -0.15) is 0 Å². The van der Waals surface area contributed by atoms with Crippen LogP contribution in [0.5, 0.6) is 0 Å². The average Bonchev–Trinajstić information content (AvgIpc) is 2.41. The standard InChI is InChI=1S/C13H12O2.C2H6/c14-9-11-7-4-8-12(15)13(11)10-5-2-1-3-6-10;1-2/h1-3,5-6,9H,4,7-8H2;1-2H3. The van der Waals surface area contributed by atoms with Crippen LogP contribution in [0.25, 0.3) is 5.57 Å². The number of hydrogen-bond donors (Lipinski definition) is 0. The SMILES string of the molecule is CC.O=CC1=C(c2ccccc2)C(=O)CCC1. The molecule has 0 bridgehead atoms. The van der Waals surface area contributed by atoms with Gasteiger partial charge in [-0.15, -0.1) is 0 Å². The molecule has 1 aliphatic carbocycles. The van der Waals surface area contributed by atoms with Crippen molar-refractivity contribution in [3.05, 3.63) is 41.5 Å². The van der Waals surface area contributed by atoms with Crippen LogP contribution in [0, 0.1) is 0 Å². The Morgan fingerprint density at radius 3 is 2.29 bits per heavy atom. The number of rotatable bonds is 2. The molecule has 0 radical (unpaired) electrons. The molecule has 0 aromatic heterocycles. The second kappa shape index (κ2) is 6.79. The monoisotopic (exact) mass is 230 g/mol. The van der Waals surface area contributed by atoms with E-state index in [9.17, 15) is 9.59 Å². The first kappa shape index (κ1) is 13.4. The molecule has 2 rings (SSSR count). The van der Waals surface area contributed by atoms with Crippen molar-refractivity contribution in [2.75, 3.05) is 0 Å². The Balaban J connectivity index is 0.000000686. The molecule has 1 aromatic rings. The summed E-state index contributed by atoms with van der Waals surface area (Å²) in [6, 6.07) is 9.42. The van der Waals surface area contributed by atoms with Crippen molar-refractivity contribution in [2.24, 2.45) is 0 Å². The third-order valence-corrected chi connectivity index (χ3v) is 2.65. The van der Waals surface area contributed by atoms with Crippen LogP contribution in [-0.2, 0) is 9.59 Å². The maximum Gasteiger partial charge on any atom is 0.163 e. The van der Waals surface area contributed by atoms with Gasteiger partial charge in [0.15, 0.2) is 5.78 Å². The second-order valence-electron chi connectivity index (χ2n) is 3.66. The topological polar surface area (TPSA) is 34.1 Å². The van der Waals surface area contributed by atoms with E-state index in [4.69, 9.17) is 0 Å². The van der Waals surface area contributed by atoms with E-state index in [-0.39, 0.29) is 5.78 Å². The molecule has 90 valence electrons. The predicted octanol–water partition coefficient (Wildman–Crippen LogP) is 3.42. The van der Waals surface area contributed by atoms with Crippen molar-refractivity contribution in [1.29, 1.82) is 0 Å². The van der Waals surface area contributed by atoms with E-state index in [0.29, 0.717) is 17.6 Å². The summed E-state index contributed by atoms with van der Waals surface area (Å²) in [5.74, 6) is 0.0922. The molecule has 0 N–H and O–H groups in total. The normalized spacial score (nSPS) is 15.1. The van der Waals surface area contributed by atoms with Gasteiger partial charge in [-0.25, -0.2) is 0 Å². The van der Waals surface area contributed by atoms with Crippen molar-refractivity contribution < 1.29 is 9.59 Å². The molecule has 0 atom stereocenters. The first-order chi connectivity index (χ1) is 8.33. The van der Waals surface area contributed by atoms with Gasteiger partial charge in [0.25, 0.3) is 0 Å². The van der Waals surface area contributed by atoms with E-state index in [1.807, 2.05) is 44.2 Å². The number of hydrogen-bond acceptors (Lipinski definition) is 2. The summed E-state index contributed by atoms with van der Waals surface area (Å²) >= 11 is 0. The highest BCUT2D eigenvalue weighted by atomic mass is 16.1. The van der Waals surface area contributed by atoms with E-state index in [2.05, 4.69) is 0 Å². The van der Waals surface area contributed by atoms with Gasteiger partial charge in [0.1, 0.15) is 6.29 Å². The lowest BCUT2D eigenvalue weighted by atomic mass is 9.87. The average molecular weight is 230 g/mol. The summed E-state index contributed by atoms with van der Waals surface area (Å²) in [6.45, 7) is 4.00. The Morgan fingerprint density at radius 1 is 1.06 bits per heavy atom. The molecule has 1 aliphatic rings. The maximum absolute atomic E-state index is 11.7. The number of Topliss-reactive ketones (excluding diaryl/α,β-unsaturated/α-hetero) is 1. The minimum atomic E-state index is 0.0922. The zero-order valence-corrected chi connectivity index (χ0v) is 10.4. The summed E-state index contributed by atoms with van der Waals surface area (Å²) in [7, 11) is 0. The van der Waals surface area contributed by atoms with Gasteiger partial charge in [-0.3, -0.25) is 9.59 Å². The van der Waals surface area contributed by atoms with Gasteiger partial charge >= 0.3 is 0 Å². The van der Waals surface area contributed by atoms with Crippen LogP contribution in [0.1, 0.15) is 38.7 Å². The third kappa shape index (κ3) is 3.13. The fourth-order valence-electron chi connectivity index (χ4n) is 1.94. The number of ketones is 1. The van der Waals surface area contributed by atoms with Crippen molar-refractivity contribution in [3.63, 3.8) is 0 Å². The first-order valence-corrected chi connectivity index (χ1v) is 6.10. The zero-order chi connectivity index (χ0) is 12.7. The molecule has 0 amide bonds. The number of allylic oxidation sites excluding steroid dienone is 2. The molecule has 0 aliphatic heterocycles. The molecule has 0 spiro atoms. The lowest BCUT2D eigenvalue weighted by molar-refractivity contribution is -0.114. The van der Waals surface area contributed by atoms with Crippen LogP contribution in [0.3, 0.4) is 0 Å². The van der Waals surface area contributed by atoms with Crippen LogP contribution in [0.2, 0.25) is 0 Å². The van der Waals surface area contributed by atoms with Gasteiger partial charge in [0.2, 0.25) is 0 Å². The highest BCUT2D eigenvalue weighted by Gasteiger charge is 2.20. The lowest BCUT2D eigenvalue weighted by Crippen LogP contribution is -2.11. The molecular weight excluding hydrogens is 212 g/mol. The Labute approximate surface area is 102 Å². The van der Waals surface area contributed by atoms with Crippen LogP contribution < -0.4 is 0 Å². The van der Waals surface area contributed by atoms with Crippen LogP contribution in [-0.4, -0.2) is 12.1 Å². The van der Waals surface area contributed by atoms with Crippen molar-refractivity contribution in [1.82, 2.24) is 0 Å². The maximum atomic E-state index is 11.7. The molecule has 17 heavy (non-hydrogen) atoms. The van der Waals surface area contributed by atoms with Crippen molar-refractivity contribution in [3.8, 4) is 0 Å². The van der Waals surface area contributed by atoms with E-state index in [1.165, 1.54) is 0 Å². The zero-order valence-electron chi connectivity index (χ0n) is 10.4. The van der Waals surface area contributed by atoms with E-state index in [1.54, 1.807) is 0 Å². The number of aldehydes is 1. The summed E-state index contributed by atoms with van der Waals surface area (Å²) in [6.07, 6.45) is 2.89. The quantitative estimate of drug-likeness (QED) is 0.729. The van der Waals surface area contributed by atoms with E-state index in [0.717, 1.165) is 24.7 Å². The van der Waals surface area contributed by atoms with Gasteiger partial charge < -0.3 is 0 Å². The third-order valence-electron chi connectivity index (χ3n) is 2.65. The van der Waals surface area contributed by atoms with Crippen LogP contribution in [0.15, 0.2) is 35.9 Å². The first-order valence-electron chi connectivity index (χ1n) is 6.10. The van der Waals surface area contributed by atoms with Crippen LogP contribution >= 0.6 is 0 Å². The Bertz CT molecular complexity index is 416. The molecule has 1 aromatic carbocycles. The molecular formula is C15H18O2. The molecule has 0 heterocycles. The summed E-state index contributed by atoms with van der Waals surface area (Å²) in [5.41, 5.74) is 2.14. The van der Waals surface area contributed by atoms with E-state index >= 15 is 0 Å². The van der Waals surface area contributed by atoms with Gasteiger partial charge in [0.05, 0.1) is 0 Å². The lowest BCUT2D eigenvalue weighted by Gasteiger charge is -2.15. The fraction of sp³-hybridized carbons (Fsp3) is 0.333. The number of carbonyl (C=O) groups excluding carboxylic acids is 2. The van der Waals surface area contributed by atoms with Crippen molar-refractivity contribution >= 4 is 17.6 Å². The Hall–Kier alpha value is -1.70.